The molecule has 0 amide bonds. The van der Waals surface area contributed by atoms with Gasteiger partial charge in [0.25, 0.3) is 0 Å². The highest BCUT2D eigenvalue weighted by Gasteiger charge is 2.17. The number of unbranched alkanes of at least 4 members (excludes halogenated alkanes) is 2. The molecule has 0 radical (unpaired) electrons. The number of aryl methyl sites for hydroxylation is 1. The van der Waals surface area contributed by atoms with Crippen LogP contribution in [0, 0.1) is 13.8 Å². The Kier molecular flexibility index (Phi) is 4.79. The Morgan fingerprint density at radius 3 is 2.53 bits per heavy atom. The molecule has 1 rings (SSSR count). The van der Waals surface area contributed by atoms with E-state index in [4.69, 9.17) is 5.11 Å². The number of hydrogen-bond acceptors (Lipinski definition) is 1. The number of hydrogen-bond donors (Lipinski definition) is 1. The van der Waals surface area contributed by atoms with Crippen LogP contribution in [-0.2, 0) is 0 Å². The maximum Gasteiger partial charge on any atom is 0.337 e. The molecule has 0 saturated heterocycles. The molecule has 0 fully saturated rings. The van der Waals surface area contributed by atoms with Crippen molar-refractivity contribution in [3.63, 3.8) is 0 Å². The van der Waals surface area contributed by atoms with Crippen molar-refractivity contribution in [2.75, 3.05) is 0 Å². The molecule has 0 spiro atoms. The van der Waals surface area contributed by atoms with Gasteiger partial charge in [-0.1, -0.05) is 26.2 Å². The summed E-state index contributed by atoms with van der Waals surface area (Å²) in [4.78, 5) is 11.1. The Bertz CT molecular complexity index is 393. The summed E-state index contributed by atoms with van der Waals surface area (Å²) in [7, 11) is 0. The summed E-state index contributed by atoms with van der Waals surface area (Å²) >= 11 is 0. The first-order valence-corrected chi connectivity index (χ1v) is 6.40. The molecule has 0 saturated carbocycles. The molecule has 1 aromatic heterocycles. The molecule has 3 heteroatoms. The molecular weight excluding hydrogens is 214 g/mol. The van der Waals surface area contributed by atoms with Gasteiger partial charge in [0.05, 0.1) is 5.56 Å². The van der Waals surface area contributed by atoms with Crippen molar-refractivity contribution >= 4 is 5.97 Å². The minimum absolute atomic E-state index is 0.384. The van der Waals surface area contributed by atoms with Gasteiger partial charge in [-0.25, -0.2) is 4.79 Å². The van der Waals surface area contributed by atoms with Crippen LogP contribution in [0.3, 0.4) is 0 Å². The summed E-state index contributed by atoms with van der Waals surface area (Å²) in [5.41, 5.74) is 2.35. The van der Waals surface area contributed by atoms with Crippen molar-refractivity contribution in [1.29, 1.82) is 0 Å². The summed E-state index contributed by atoms with van der Waals surface area (Å²) < 4.78 is 2.15. The lowest BCUT2D eigenvalue weighted by atomic mass is 10.1. The van der Waals surface area contributed by atoms with Gasteiger partial charge < -0.3 is 9.67 Å². The predicted molar refractivity (Wildman–Crippen MR) is 69.7 cm³/mol. The van der Waals surface area contributed by atoms with Crippen molar-refractivity contribution in [3.05, 3.63) is 23.0 Å². The zero-order valence-electron chi connectivity index (χ0n) is 11.3. The Hall–Kier alpha value is -1.25. The Labute approximate surface area is 103 Å². The van der Waals surface area contributed by atoms with Gasteiger partial charge in [0.15, 0.2) is 0 Å². The Morgan fingerprint density at radius 2 is 2.06 bits per heavy atom. The van der Waals surface area contributed by atoms with Crippen LogP contribution in [0.5, 0.6) is 0 Å². The average Bonchev–Trinajstić information content (AvgIpc) is 2.54. The summed E-state index contributed by atoms with van der Waals surface area (Å²) in [5, 5.41) is 9.09. The minimum Gasteiger partial charge on any atom is -0.478 e. The van der Waals surface area contributed by atoms with E-state index in [0.29, 0.717) is 11.6 Å². The van der Waals surface area contributed by atoms with E-state index in [-0.39, 0.29) is 0 Å². The molecule has 1 N–H and O–H groups in total. The number of carboxylic acids is 1. The van der Waals surface area contributed by atoms with Crippen LogP contribution in [0.2, 0.25) is 0 Å². The molecule has 17 heavy (non-hydrogen) atoms. The first kappa shape index (κ1) is 13.8. The average molecular weight is 237 g/mol. The number of aromatic carboxylic acids is 1. The minimum atomic E-state index is -0.829. The summed E-state index contributed by atoms with van der Waals surface area (Å²) in [5.74, 6) is -0.829. The van der Waals surface area contributed by atoms with E-state index in [0.717, 1.165) is 17.8 Å². The molecule has 3 nitrogen and oxygen atoms in total. The fourth-order valence-electron chi connectivity index (χ4n) is 2.49. The van der Waals surface area contributed by atoms with Gasteiger partial charge in [0.2, 0.25) is 0 Å². The first-order valence-electron chi connectivity index (χ1n) is 6.40. The van der Waals surface area contributed by atoms with Crippen molar-refractivity contribution < 1.29 is 9.90 Å². The van der Waals surface area contributed by atoms with Gasteiger partial charge in [-0.05, 0) is 33.3 Å². The number of carboxylic acid groups (broad SMARTS) is 1. The molecule has 0 bridgehead atoms. The lowest BCUT2D eigenvalue weighted by molar-refractivity contribution is 0.0696. The zero-order chi connectivity index (χ0) is 13.0. The fourth-order valence-corrected chi connectivity index (χ4v) is 2.49. The summed E-state index contributed by atoms with van der Waals surface area (Å²) in [6.07, 6.45) is 4.78. The van der Waals surface area contributed by atoms with E-state index in [1.165, 1.54) is 19.3 Å². The lowest BCUT2D eigenvalue weighted by Crippen LogP contribution is -2.10. The fraction of sp³-hybridized carbons (Fsp3) is 0.643. The third-order valence-electron chi connectivity index (χ3n) is 3.38. The van der Waals surface area contributed by atoms with E-state index in [1.54, 1.807) is 6.07 Å². The molecule has 0 aliphatic rings. The second-order valence-corrected chi connectivity index (χ2v) is 4.80. The van der Waals surface area contributed by atoms with E-state index >= 15 is 0 Å². The maximum atomic E-state index is 11.1. The van der Waals surface area contributed by atoms with E-state index < -0.39 is 5.97 Å². The zero-order valence-corrected chi connectivity index (χ0v) is 11.3. The Morgan fingerprint density at radius 1 is 1.41 bits per heavy atom. The largest absolute Gasteiger partial charge is 0.478 e. The maximum absolute atomic E-state index is 11.1. The van der Waals surface area contributed by atoms with Gasteiger partial charge >= 0.3 is 5.97 Å². The molecule has 96 valence electrons. The normalized spacial score (nSPS) is 12.7. The van der Waals surface area contributed by atoms with Crippen molar-refractivity contribution in [3.8, 4) is 0 Å². The third-order valence-corrected chi connectivity index (χ3v) is 3.38. The van der Waals surface area contributed by atoms with Crippen LogP contribution in [0.15, 0.2) is 6.07 Å². The summed E-state index contributed by atoms with van der Waals surface area (Å²) in [6.45, 7) is 8.24. The lowest BCUT2D eigenvalue weighted by Gasteiger charge is -2.18. The number of rotatable bonds is 6. The van der Waals surface area contributed by atoms with Gasteiger partial charge in [-0.2, -0.15) is 0 Å². The van der Waals surface area contributed by atoms with Crippen LogP contribution >= 0.6 is 0 Å². The second kappa shape index (κ2) is 5.89. The van der Waals surface area contributed by atoms with Crippen molar-refractivity contribution in [2.24, 2.45) is 0 Å². The van der Waals surface area contributed by atoms with Crippen LogP contribution in [-0.4, -0.2) is 15.6 Å². The molecule has 0 aliphatic heterocycles. The van der Waals surface area contributed by atoms with Crippen molar-refractivity contribution in [2.45, 2.75) is 59.4 Å². The van der Waals surface area contributed by atoms with Gasteiger partial charge in [-0.3, -0.25) is 0 Å². The number of aromatic nitrogens is 1. The van der Waals surface area contributed by atoms with E-state index in [1.807, 2.05) is 13.8 Å². The number of nitrogens with zero attached hydrogens (tertiary/aromatic N) is 1. The monoisotopic (exact) mass is 237 g/mol. The smallest absolute Gasteiger partial charge is 0.337 e. The molecular formula is C14H23NO2. The topological polar surface area (TPSA) is 42.2 Å². The van der Waals surface area contributed by atoms with Crippen LogP contribution in [0.1, 0.15) is 67.3 Å². The van der Waals surface area contributed by atoms with Crippen LogP contribution in [0.25, 0.3) is 0 Å². The van der Waals surface area contributed by atoms with Crippen LogP contribution in [0.4, 0.5) is 0 Å². The first-order chi connectivity index (χ1) is 7.99. The Balaban J connectivity index is 2.86. The molecule has 1 unspecified atom stereocenters. The van der Waals surface area contributed by atoms with E-state index in [9.17, 15) is 4.79 Å². The highest BCUT2D eigenvalue weighted by atomic mass is 16.4. The van der Waals surface area contributed by atoms with Crippen LogP contribution < -0.4 is 0 Å². The molecule has 0 aliphatic carbocycles. The molecule has 0 aromatic carbocycles. The second-order valence-electron chi connectivity index (χ2n) is 4.80. The SMILES string of the molecule is CCCCCC(C)n1c(C)cc(C(=O)O)c1C. The van der Waals surface area contributed by atoms with Gasteiger partial charge in [0.1, 0.15) is 0 Å². The quantitative estimate of drug-likeness (QED) is 0.761. The van der Waals surface area contributed by atoms with Gasteiger partial charge in [-0.15, -0.1) is 0 Å². The molecule has 1 heterocycles. The predicted octanol–water partition coefficient (Wildman–Crippen LogP) is 3.94. The van der Waals surface area contributed by atoms with E-state index in [2.05, 4.69) is 18.4 Å². The highest BCUT2D eigenvalue weighted by molar-refractivity contribution is 5.89. The van der Waals surface area contributed by atoms with Gasteiger partial charge in [0, 0.05) is 17.4 Å². The number of carbonyl (C=O) groups is 1. The highest BCUT2D eigenvalue weighted by Crippen LogP contribution is 2.24. The third kappa shape index (κ3) is 3.11. The summed E-state index contributed by atoms with van der Waals surface area (Å²) in [6, 6.07) is 2.16. The molecule has 1 atom stereocenters. The standard InChI is InChI=1S/C14H23NO2/c1-5-6-7-8-10(2)15-11(3)9-13(12(15)4)14(16)17/h9-10H,5-8H2,1-4H3,(H,16,17). The van der Waals surface area contributed by atoms with Crippen molar-refractivity contribution in [1.82, 2.24) is 4.57 Å². The molecule has 1 aromatic rings.